The number of rotatable bonds is 20. The summed E-state index contributed by atoms with van der Waals surface area (Å²) in [5, 5.41) is 10.7. The van der Waals surface area contributed by atoms with E-state index in [0.717, 1.165) is 25.7 Å². The first kappa shape index (κ1) is 84.1. The van der Waals surface area contributed by atoms with Gasteiger partial charge in [-0.2, -0.15) is 0 Å². The second kappa shape index (κ2) is 37.2. The van der Waals surface area contributed by atoms with E-state index in [1.807, 2.05) is 6.07 Å². The molecular formula is C118H116N8. The van der Waals surface area contributed by atoms with Crippen LogP contribution in [0.1, 0.15) is 125 Å². The SMILES string of the molecule is CC(C)c1ccc2c(c1)c1cc(C(C)C)ccc1n2-c1ccc(N(C)c2ccccc2)cc1.CCCc1ccc2c(c1)c1cc(CCC)ccc1n2-c1ccc(N(C)c2ccccc2)cc1.CCc1ccc2c(c1)c1cc(CC)ccc1n2-c1ccc(N(C)c2ccccc2)cc1.Cc1ccc2c(c1)c1cc(C)ccc1n2-c1ccc(N(C)c2ccccc2)cc1. The number of hydrogen-bond donors (Lipinski definition) is 0. The topological polar surface area (TPSA) is 32.7 Å². The molecule has 0 amide bonds. The van der Waals surface area contributed by atoms with Crippen molar-refractivity contribution in [2.24, 2.45) is 0 Å². The standard InChI is InChI=1S/2C31H32N2.C29H28N2.C27H24N2/c1-21(2)23-11-17-30-28(19-23)29-20-24(22(3)4)12-18-31(29)33(30)27-15-13-26(14-16-27)32(5)25-9-7-6-8-10-25;1-4-9-23-13-19-30-28(21-23)29-22-24(10-5-2)14-20-31(29)33(30)27-17-15-26(16-18-27)32(3)25-11-7-6-8-12-25;1-4-21-11-17-28-26(19-21)27-20-22(5-2)12-18-29(27)31(28)25-15-13-24(14-16-25)30(3)23-9-7-6-8-10-23;1-19-9-15-26-24(17-19)25-18-20(2)10-16-27(25)29(26)23-13-11-22(12-14-23)28(3)21-7-5-4-6-8-21/h6-22H,1-5H3;6-8,11-22H,4-5,9-10H2,1-3H3;6-20H,4-5H2,1-3H3;4-18H,1-3H3. The number of aryl methyl sites for hydroxylation is 6. The maximum Gasteiger partial charge on any atom is 0.0541 e. The Balaban J connectivity index is 0.000000119. The molecule has 0 spiro atoms. The predicted molar refractivity (Wildman–Crippen MR) is 546 cm³/mol. The van der Waals surface area contributed by atoms with Crippen LogP contribution in [-0.2, 0) is 25.7 Å². The first-order chi connectivity index (χ1) is 61.4. The Morgan fingerprint density at radius 1 is 0.214 bits per heavy atom. The fraction of sp³-hybridized carbons (Fsp3) is 0.186. The smallest absolute Gasteiger partial charge is 0.0541 e. The van der Waals surface area contributed by atoms with E-state index in [2.05, 4.69) is 493 Å². The summed E-state index contributed by atoms with van der Waals surface area (Å²) in [6, 6.07) is 133. The van der Waals surface area contributed by atoms with Gasteiger partial charge in [0, 0.05) is 140 Å². The Hall–Kier alpha value is -14.1. The number of aromatic nitrogens is 4. The first-order valence-corrected chi connectivity index (χ1v) is 45.2. The van der Waals surface area contributed by atoms with Crippen molar-refractivity contribution in [3.63, 3.8) is 0 Å². The number of para-hydroxylation sites is 4. The zero-order valence-corrected chi connectivity index (χ0v) is 75.6. The van der Waals surface area contributed by atoms with Crippen LogP contribution in [0.3, 0.4) is 0 Å². The van der Waals surface area contributed by atoms with Crippen LogP contribution in [0, 0.1) is 13.8 Å². The maximum absolute atomic E-state index is 2.42. The maximum atomic E-state index is 2.42. The highest BCUT2D eigenvalue weighted by Gasteiger charge is 2.21. The average molecular weight is 1650 g/mol. The molecule has 4 aromatic heterocycles. The van der Waals surface area contributed by atoms with E-state index in [1.54, 1.807) is 0 Å². The minimum atomic E-state index is 0.508. The lowest BCUT2D eigenvalue weighted by molar-refractivity contribution is 0.868. The Morgan fingerprint density at radius 2 is 0.421 bits per heavy atom. The van der Waals surface area contributed by atoms with E-state index in [0.29, 0.717) is 11.8 Å². The third-order valence-corrected chi connectivity index (χ3v) is 25.5. The minimum Gasteiger partial charge on any atom is -0.345 e. The summed E-state index contributed by atoms with van der Waals surface area (Å²) in [4.78, 5) is 8.88. The largest absolute Gasteiger partial charge is 0.345 e. The Labute approximate surface area is 744 Å². The van der Waals surface area contributed by atoms with Gasteiger partial charge in [0.15, 0.2) is 0 Å². The second-order valence-corrected chi connectivity index (χ2v) is 34.5. The highest BCUT2D eigenvalue weighted by atomic mass is 15.1. The number of anilines is 8. The molecule has 0 aliphatic heterocycles. The number of nitrogens with zero attached hydrogens (tertiary/aromatic N) is 8. The number of fused-ring (bicyclic) bond motifs is 12. The summed E-state index contributed by atoms with van der Waals surface area (Å²) in [6.07, 6.45) is 6.69. The van der Waals surface area contributed by atoms with Crippen LogP contribution in [0.15, 0.2) is 364 Å². The fourth-order valence-corrected chi connectivity index (χ4v) is 18.2. The van der Waals surface area contributed by atoms with Crippen LogP contribution >= 0.6 is 0 Å². The molecule has 0 N–H and O–H groups in total. The lowest BCUT2D eigenvalue weighted by Gasteiger charge is -2.20. The van der Waals surface area contributed by atoms with Crippen molar-refractivity contribution in [3.05, 3.63) is 408 Å². The average Bonchev–Trinajstić information content (AvgIpc) is 1.61. The van der Waals surface area contributed by atoms with Crippen molar-refractivity contribution >= 4 is 133 Å². The first-order valence-electron chi connectivity index (χ1n) is 45.2. The third kappa shape index (κ3) is 17.1. The normalized spacial score (nSPS) is 11.4. The van der Waals surface area contributed by atoms with Crippen LogP contribution in [0.2, 0.25) is 0 Å². The molecule has 0 saturated heterocycles. The van der Waals surface area contributed by atoms with Crippen molar-refractivity contribution in [2.75, 3.05) is 47.8 Å². The molecule has 20 rings (SSSR count). The van der Waals surface area contributed by atoms with Gasteiger partial charge in [0.05, 0.1) is 44.1 Å². The zero-order valence-electron chi connectivity index (χ0n) is 75.6. The highest BCUT2D eigenvalue weighted by Crippen LogP contribution is 2.42. The molecule has 0 unspecified atom stereocenters. The van der Waals surface area contributed by atoms with Crippen LogP contribution in [0.5, 0.6) is 0 Å². The van der Waals surface area contributed by atoms with Gasteiger partial charge in [-0.05, 0) is 327 Å². The van der Waals surface area contributed by atoms with Gasteiger partial charge in [0.1, 0.15) is 0 Å². The second-order valence-electron chi connectivity index (χ2n) is 34.5. The Bertz CT molecular complexity index is 6930. The Morgan fingerprint density at radius 3 is 0.659 bits per heavy atom. The van der Waals surface area contributed by atoms with Crippen molar-refractivity contribution in [3.8, 4) is 22.7 Å². The van der Waals surface area contributed by atoms with Gasteiger partial charge in [0.2, 0.25) is 0 Å². The molecular weight excluding hydrogens is 1530 g/mol. The molecule has 20 aromatic rings. The molecule has 8 nitrogen and oxygen atoms in total. The molecule has 0 atom stereocenters. The summed E-state index contributed by atoms with van der Waals surface area (Å²) in [5.74, 6) is 1.02. The lowest BCUT2D eigenvalue weighted by Crippen LogP contribution is -2.09. The molecule has 628 valence electrons. The molecule has 16 aromatic carbocycles. The monoisotopic (exact) mass is 1640 g/mol. The predicted octanol–water partition coefficient (Wildman–Crippen LogP) is 32.1. The van der Waals surface area contributed by atoms with Crippen molar-refractivity contribution < 1.29 is 0 Å². The van der Waals surface area contributed by atoms with Gasteiger partial charge >= 0.3 is 0 Å². The Kier molecular flexibility index (Phi) is 24.8. The summed E-state index contributed by atoms with van der Waals surface area (Å²) in [6.45, 7) is 22.3. The lowest BCUT2D eigenvalue weighted by atomic mass is 9.98. The quantitative estimate of drug-likeness (QED) is 0.0761. The molecule has 0 fully saturated rings. The van der Waals surface area contributed by atoms with Gasteiger partial charge in [-0.1, -0.05) is 201 Å². The molecule has 4 heterocycles. The molecule has 0 aliphatic carbocycles. The van der Waals surface area contributed by atoms with Crippen molar-refractivity contribution in [1.29, 1.82) is 0 Å². The van der Waals surface area contributed by atoms with Gasteiger partial charge in [-0.15, -0.1) is 0 Å². The van der Waals surface area contributed by atoms with Gasteiger partial charge < -0.3 is 37.9 Å². The van der Waals surface area contributed by atoms with Gasteiger partial charge in [-0.3, -0.25) is 0 Å². The molecule has 0 radical (unpaired) electrons. The van der Waals surface area contributed by atoms with E-state index in [1.165, 1.54) is 213 Å². The van der Waals surface area contributed by atoms with Crippen LogP contribution < -0.4 is 19.6 Å². The van der Waals surface area contributed by atoms with Gasteiger partial charge in [-0.25, -0.2) is 0 Å². The van der Waals surface area contributed by atoms with Crippen molar-refractivity contribution in [1.82, 2.24) is 18.3 Å². The summed E-state index contributed by atoms with van der Waals surface area (Å²) < 4.78 is 9.60. The highest BCUT2D eigenvalue weighted by molar-refractivity contribution is 6.13. The van der Waals surface area contributed by atoms with Crippen LogP contribution in [-0.4, -0.2) is 46.5 Å². The van der Waals surface area contributed by atoms with Crippen LogP contribution in [0.4, 0.5) is 45.5 Å². The molecule has 0 aliphatic rings. The summed E-state index contributed by atoms with van der Waals surface area (Å²) in [7, 11) is 8.46. The summed E-state index contributed by atoms with van der Waals surface area (Å²) in [5.41, 5.74) is 35.3. The molecule has 0 saturated carbocycles. The van der Waals surface area contributed by atoms with E-state index in [9.17, 15) is 0 Å². The van der Waals surface area contributed by atoms with E-state index in [4.69, 9.17) is 0 Å². The zero-order chi connectivity index (χ0) is 87.2. The van der Waals surface area contributed by atoms with Gasteiger partial charge in [0.25, 0.3) is 0 Å². The fourth-order valence-electron chi connectivity index (χ4n) is 18.2. The van der Waals surface area contributed by atoms with E-state index < -0.39 is 0 Å². The minimum absolute atomic E-state index is 0.508. The van der Waals surface area contributed by atoms with Crippen molar-refractivity contribution in [2.45, 2.75) is 120 Å². The molecule has 0 bridgehead atoms. The van der Waals surface area contributed by atoms with Crippen LogP contribution in [0.25, 0.3) is 110 Å². The number of hydrogen-bond acceptors (Lipinski definition) is 4. The molecule has 126 heavy (non-hydrogen) atoms. The molecule has 8 heteroatoms. The van der Waals surface area contributed by atoms with E-state index in [-0.39, 0.29) is 0 Å². The number of benzene rings is 16. The summed E-state index contributed by atoms with van der Waals surface area (Å²) >= 11 is 0. The third-order valence-electron chi connectivity index (χ3n) is 25.5. The van der Waals surface area contributed by atoms with E-state index >= 15 is 0 Å².